The average Bonchev–Trinajstić information content (AvgIpc) is 2.47. The van der Waals surface area contributed by atoms with Gasteiger partial charge in [-0.1, -0.05) is 32.0 Å². The zero-order chi connectivity index (χ0) is 18.3. The van der Waals surface area contributed by atoms with Gasteiger partial charge < -0.3 is 15.7 Å². The van der Waals surface area contributed by atoms with E-state index < -0.39 is 30.5 Å². The SMILES string of the molecule is CC(C)C(CCO)NC(=O)C(=O)Nc1ccccc1CC(F)(F)F. The first-order valence-corrected chi connectivity index (χ1v) is 7.51. The molecule has 2 amide bonds. The van der Waals surface area contributed by atoms with E-state index in [4.69, 9.17) is 5.11 Å². The molecule has 0 aromatic heterocycles. The lowest BCUT2D eigenvalue weighted by Crippen LogP contribution is -2.44. The van der Waals surface area contributed by atoms with Crippen LogP contribution in [0.4, 0.5) is 18.9 Å². The van der Waals surface area contributed by atoms with E-state index in [9.17, 15) is 22.8 Å². The number of carbonyl (C=O) groups is 2. The number of benzene rings is 1. The molecule has 0 radical (unpaired) electrons. The fourth-order valence-electron chi connectivity index (χ4n) is 2.14. The molecule has 0 spiro atoms. The first-order valence-electron chi connectivity index (χ1n) is 7.51. The predicted octanol–water partition coefficient (Wildman–Crippen LogP) is 2.25. The van der Waals surface area contributed by atoms with E-state index >= 15 is 0 Å². The van der Waals surface area contributed by atoms with E-state index in [-0.39, 0.29) is 30.2 Å². The zero-order valence-corrected chi connectivity index (χ0v) is 13.5. The normalized spacial score (nSPS) is 12.8. The van der Waals surface area contributed by atoms with Crippen LogP contribution in [0.25, 0.3) is 0 Å². The van der Waals surface area contributed by atoms with E-state index in [0.29, 0.717) is 0 Å². The number of halogens is 3. The van der Waals surface area contributed by atoms with Crippen molar-refractivity contribution in [3.63, 3.8) is 0 Å². The molecule has 0 aliphatic heterocycles. The molecule has 1 atom stereocenters. The van der Waals surface area contributed by atoms with Gasteiger partial charge >= 0.3 is 18.0 Å². The third kappa shape index (κ3) is 6.57. The van der Waals surface area contributed by atoms with E-state index in [2.05, 4.69) is 10.6 Å². The van der Waals surface area contributed by atoms with Crippen LogP contribution in [-0.4, -0.2) is 35.7 Å². The summed E-state index contributed by atoms with van der Waals surface area (Å²) in [7, 11) is 0. The topological polar surface area (TPSA) is 78.4 Å². The van der Waals surface area contributed by atoms with Crippen LogP contribution in [0.5, 0.6) is 0 Å². The van der Waals surface area contributed by atoms with Gasteiger partial charge in [0, 0.05) is 18.3 Å². The molecule has 0 saturated carbocycles. The average molecular weight is 346 g/mol. The van der Waals surface area contributed by atoms with E-state index in [1.165, 1.54) is 24.3 Å². The maximum atomic E-state index is 12.5. The molecule has 8 heteroatoms. The van der Waals surface area contributed by atoms with Crippen molar-refractivity contribution in [1.82, 2.24) is 5.32 Å². The molecular formula is C16H21F3N2O3. The summed E-state index contributed by atoms with van der Waals surface area (Å²) < 4.78 is 37.6. The Bertz CT molecular complexity index is 574. The van der Waals surface area contributed by atoms with Crippen LogP contribution >= 0.6 is 0 Å². The number of hydrogen-bond acceptors (Lipinski definition) is 3. The van der Waals surface area contributed by atoms with E-state index in [1.54, 1.807) is 0 Å². The Morgan fingerprint density at radius 1 is 1.17 bits per heavy atom. The molecule has 5 nitrogen and oxygen atoms in total. The Kier molecular flexibility index (Phi) is 7.21. The molecule has 0 heterocycles. The molecule has 0 bridgehead atoms. The summed E-state index contributed by atoms with van der Waals surface area (Å²) in [5.41, 5.74) is -0.180. The predicted molar refractivity (Wildman–Crippen MR) is 83.3 cm³/mol. The molecule has 0 fully saturated rings. The highest BCUT2D eigenvalue weighted by Crippen LogP contribution is 2.26. The standard InChI is InChI=1S/C16H21F3N2O3/c1-10(2)12(7-8-22)20-14(23)15(24)21-13-6-4-3-5-11(13)9-16(17,18)19/h3-6,10,12,22H,7-9H2,1-2H3,(H,20,23)(H,21,24). The number of nitrogens with one attached hydrogen (secondary N) is 2. The number of anilines is 1. The Labute approximate surface area is 138 Å². The van der Waals surface area contributed by atoms with Crippen LogP contribution in [-0.2, 0) is 16.0 Å². The molecule has 0 aliphatic carbocycles. The maximum absolute atomic E-state index is 12.5. The van der Waals surface area contributed by atoms with Gasteiger partial charge in [0.2, 0.25) is 0 Å². The lowest BCUT2D eigenvalue weighted by atomic mass is 10.0. The van der Waals surface area contributed by atoms with Gasteiger partial charge in [0.05, 0.1) is 6.42 Å². The number of rotatable bonds is 6. The molecule has 1 aromatic rings. The highest BCUT2D eigenvalue weighted by atomic mass is 19.4. The second-order valence-electron chi connectivity index (χ2n) is 5.74. The van der Waals surface area contributed by atoms with Crippen LogP contribution < -0.4 is 10.6 Å². The molecule has 24 heavy (non-hydrogen) atoms. The minimum absolute atomic E-state index is 0.00795. The summed E-state index contributed by atoms with van der Waals surface area (Å²) >= 11 is 0. The Morgan fingerprint density at radius 3 is 2.33 bits per heavy atom. The van der Waals surface area contributed by atoms with Crippen LogP contribution in [0.15, 0.2) is 24.3 Å². The van der Waals surface area contributed by atoms with Gasteiger partial charge in [-0.2, -0.15) is 13.2 Å². The van der Waals surface area contributed by atoms with Gasteiger partial charge in [-0.3, -0.25) is 9.59 Å². The van der Waals surface area contributed by atoms with Crippen molar-refractivity contribution in [2.45, 2.75) is 38.9 Å². The largest absolute Gasteiger partial charge is 0.396 e. The third-order valence-corrected chi connectivity index (χ3v) is 3.42. The van der Waals surface area contributed by atoms with Crippen molar-refractivity contribution in [2.24, 2.45) is 5.92 Å². The summed E-state index contributed by atoms with van der Waals surface area (Å²) in [6, 6.07) is 5.03. The quantitative estimate of drug-likeness (QED) is 0.692. The van der Waals surface area contributed by atoms with Crippen LogP contribution in [0.2, 0.25) is 0 Å². The molecule has 1 unspecified atom stereocenters. The minimum Gasteiger partial charge on any atom is -0.396 e. The second-order valence-corrected chi connectivity index (χ2v) is 5.74. The highest BCUT2D eigenvalue weighted by molar-refractivity contribution is 6.39. The van der Waals surface area contributed by atoms with Crippen molar-refractivity contribution in [1.29, 1.82) is 0 Å². The summed E-state index contributed by atoms with van der Waals surface area (Å²) in [6.07, 6.45) is -5.35. The lowest BCUT2D eigenvalue weighted by Gasteiger charge is -2.21. The number of carbonyl (C=O) groups excluding carboxylic acids is 2. The number of amides is 2. The molecule has 1 aromatic carbocycles. The number of para-hydroxylation sites is 1. The summed E-state index contributed by atoms with van der Waals surface area (Å²) in [6.45, 7) is 3.48. The molecule has 0 saturated heterocycles. The molecular weight excluding hydrogens is 325 g/mol. The Balaban J connectivity index is 2.79. The summed E-state index contributed by atoms with van der Waals surface area (Å²) in [5.74, 6) is -2.01. The molecule has 134 valence electrons. The van der Waals surface area contributed by atoms with Crippen molar-refractivity contribution in [2.75, 3.05) is 11.9 Å². The summed E-state index contributed by atoms with van der Waals surface area (Å²) in [5, 5.41) is 13.6. The fraction of sp³-hybridized carbons (Fsp3) is 0.500. The highest BCUT2D eigenvalue weighted by Gasteiger charge is 2.29. The van der Waals surface area contributed by atoms with Gasteiger partial charge in [-0.05, 0) is 24.0 Å². The molecule has 0 aliphatic rings. The Hall–Kier alpha value is -2.09. The maximum Gasteiger partial charge on any atom is 0.393 e. The van der Waals surface area contributed by atoms with Crippen molar-refractivity contribution in [3.8, 4) is 0 Å². The minimum atomic E-state index is -4.42. The molecule has 3 N–H and O–H groups in total. The number of aliphatic hydroxyl groups is 1. The van der Waals surface area contributed by atoms with Crippen molar-refractivity contribution < 1.29 is 27.9 Å². The van der Waals surface area contributed by atoms with Crippen molar-refractivity contribution in [3.05, 3.63) is 29.8 Å². The second kappa shape index (κ2) is 8.68. The monoisotopic (exact) mass is 346 g/mol. The Morgan fingerprint density at radius 2 is 1.79 bits per heavy atom. The molecule has 1 rings (SSSR count). The summed E-state index contributed by atoms with van der Waals surface area (Å²) in [4.78, 5) is 23.8. The van der Waals surface area contributed by atoms with Gasteiger partial charge in [0.15, 0.2) is 0 Å². The zero-order valence-electron chi connectivity index (χ0n) is 13.5. The smallest absolute Gasteiger partial charge is 0.393 e. The first-order chi connectivity index (χ1) is 11.1. The van der Waals surface area contributed by atoms with E-state index in [1.807, 2.05) is 13.8 Å². The van der Waals surface area contributed by atoms with E-state index in [0.717, 1.165) is 0 Å². The van der Waals surface area contributed by atoms with Gasteiger partial charge in [-0.25, -0.2) is 0 Å². The lowest BCUT2D eigenvalue weighted by molar-refractivity contribution is -0.136. The van der Waals surface area contributed by atoms with Crippen LogP contribution in [0, 0.1) is 5.92 Å². The van der Waals surface area contributed by atoms with Gasteiger partial charge in [0.1, 0.15) is 0 Å². The van der Waals surface area contributed by atoms with Gasteiger partial charge in [-0.15, -0.1) is 0 Å². The number of alkyl halides is 3. The fourth-order valence-corrected chi connectivity index (χ4v) is 2.14. The number of hydrogen-bond donors (Lipinski definition) is 3. The first kappa shape index (κ1) is 20.0. The van der Waals surface area contributed by atoms with Gasteiger partial charge in [0.25, 0.3) is 0 Å². The number of aliphatic hydroxyl groups excluding tert-OH is 1. The van der Waals surface area contributed by atoms with Crippen molar-refractivity contribution >= 4 is 17.5 Å². The third-order valence-electron chi connectivity index (χ3n) is 3.42. The van der Waals surface area contributed by atoms with Crippen LogP contribution in [0.3, 0.4) is 0 Å². The van der Waals surface area contributed by atoms with Crippen LogP contribution in [0.1, 0.15) is 25.8 Å².